The first-order valence-electron chi connectivity index (χ1n) is 16.0. The molecule has 2 aliphatic carbocycles. The first kappa shape index (κ1) is 32.3. The Hall–Kier alpha value is -4.87. The normalized spacial score (nSPS) is 27.2. The highest BCUT2D eigenvalue weighted by molar-refractivity contribution is 9.10. The topological polar surface area (TPSA) is 107 Å². The number of phenolic OH excluding ortho intramolecular Hbond substituents is 1. The lowest BCUT2D eigenvalue weighted by Crippen LogP contribution is -2.53. The van der Waals surface area contributed by atoms with Crippen molar-refractivity contribution in [1.29, 1.82) is 0 Å². The van der Waals surface area contributed by atoms with Gasteiger partial charge in [-0.05, 0) is 91.1 Å². The summed E-state index contributed by atoms with van der Waals surface area (Å²) in [5.41, 5.74) is 2.80. The van der Waals surface area contributed by atoms with Crippen molar-refractivity contribution in [3.63, 3.8) is 0 Å². The minimum atomic E-state index is -1.74. The van der Waals surface area contributed by atoms with E-state index in [0.29, 0.717) is 21.8 Å². The van der Waals surface area contributed by atoms with E-state index in [0.717, 1.165) is 15.5 Å². The van der Waals surface area contributed by atoms with Crippen LogP contribution in [-0.2, 0) is 24.6 Å². The first-order valence-corrected chi connectivity index (χ1v) is 17.2. The molecule has 50 heavy (non-hydrogen) atoms. The summed E-state index contributed by atoms with van der Waals surface area (Å²) in [4.78, 5) is 59.2. The van der Waals surface area contributed by atoms with E-state index < -0.39 is 70.1 Å². The molecule has 12 heteroatoms. The molecule has 0 aromatic heterocycles. The number of hydrogen-bond acceptors (Lipinski definition) is 6. The molecule has 2 aliphatic heterocycles. The molecule has 4 amide bonds. The number of fused-ring (bicyclic) bond motifs is 4. The average molecular weight is 759 g/mol. The maximum Gasteiger partial charge on any atom is 0.260 e. The number of halogens is 4. The smallest absolute Gasteiger partial charge is 0.260 e. The summed E-state index contributed by atoms with van der Waals surface area (Å²) in [5.74, 6) is -8.84. The van der Waals surface area contributed by atoms with E-state index in [2.05, 4.69) is 21.4 Å². The van der Waals surface area contributed by atoms with Crippen LogP contribution in [0.4, 0.5) is 20.2 Å². The molecule has 6 unspecified atom stereocenters. The number of rotatable bonds is 5. The average Bonchev–Trinajstić information content (AvgIpc) is 3.48. The van der Waals surface area contributed by atoms with Crippen molar-refractivity contribution in [3.8, 4) is 5.75 Å². The molecule has 6 atom stereocenters. The van der Waals surface area contributed by atoms with Crippen LogP contribution >= 0.6 is 27.5 Å². The van der Waals surface area contributed by atoms with E-state index in [1.54, 1.807) is 48.5 Å². The molecule has 0 spiro atoms. The third kappa shape index (κ3) is 4.66. The second kappa shape index (κ2) is 11.9. The quantitative estimate of drug-likeness (QED) is 0.164. The van der Waals surface area contributed by atoms with Crippen molar-refractivity contribution < 1.29 is 33.1 Å². The monoisotopic (exact) mass is 757 g/mol. The van der Waals surface area contributed by atoms with Crippen molar-refractivity contribution in [3.05, 3.63) is 135 Å². The van der Waals surface area contributed by atoms with Gasteiger partial charge in [0.15, 0.2) is 11.6 Å². The van der Waals surface area contributed by atoms with E-state index >= 15 is 9.18 Å². The fraction of sp³-hybridized carbons (Fsp3) is 0.211. The van der Waals surface area contributed by atoms with Gasteiger partial charge in [0.25, 0.3) is 11.8 Å². The second-order valence-corrected chi connectivity index (χ2v) is 14.4. The van der Waals surface area contributed by atoms with Crippen LogP contribution in [0.5, 0.6) is 5.75 Å². The minimum absolute atomic E-state index is 0.00156. The molecule has 0 bridgehead atoms. The Morgan fingerprint density at radius 3 is 2.24 bits per heavy atom. The van der Waals surface area contributed by atoms with E-state index in [-0.39, 0.29) is 30.0 Å². The van der Waals surface area contributed by atoms with Crippen molar-refractivity contribution in [2.75, 3.05) is 10.3 Å². The van der Waals surface area contributed by atoms with E-state index in [4.69, 9.17) is 11.6 Å². The SMILES string of the molecule is O=C1C2CC3C(=CCC4C(=O)N(c5ccc(Br)cc5)C(=O)C43)C(c3cccc(F)c3O)C2(c2ccc(Cl)cc2)C(=O)N1Nc1ccc(F)cc1. The predicted molar refractivity (Wildman–Crippen MR) is 184 cm³/mol. The summed E-state index contributed by atoms with van der Waals surface area (Å²) >= 11 is 9.68. The largest absolute Gasteiger partial charge is 0.505 e. The number of amides is 4. The van der Waals surface area contributed by atoms with E-state index in [1.807, 2.05) is 6.08 Å². The Morgan fingerprint density at radius 1 is 0.840 bits per heavy atom. The van der Waals surface area contributed by atoms with Crippen LogP contribution in [-0.4, -0.2) is 33.7 Å². The number of anilines is 2. The summed E-state index contributed by atoms with van der Waals surface area (Å²) < 4.78 is 29.8. The third-order valence-electron chi connectivity index (χ3n) is 10.7. The minimum Gasteiger partial charge on any atom is -0.505 e. The zero-order valence-electron chi connectivity index (χ0n) is 26.0. The van der Waals surface area contributed by atoms with Gasteiger partial charge in [0, 0.05) is 21.0 Å². The summed E-state index contributed by atoms with van der Waals surface area (Å²) in [6.45, 7) is 0. The van der Waals surface area contributed by atoms with Crippen molar-refractivity contribution in [1.82, 2.24) is 5.01 Å². The number of phenols is 1. The van der Waals surface area contributed by atoms with Crippen molar-refractivity contribution >= 4 is 62.5 Å². The molecule has 252 valence electrons. The number of aromatic hydroxyl groups is 1. The molecule has 4 aromatic rings. The van der Waals surface area contributed by atoms with Crippen LogP contribution in [0.25, 0.3) is 0 Å². The fourth-order valence-electron chi connectivity index (χ4n) is 8.61. The number of hydrogen-bond donors (Lipinski definition) is 2. The lowest BCUT2D eigenvalue weighted by Gasteiger charge is -2.50. The van der Waals surface area contributed by atoms with E-state index in [9.17, 15) is 23.9 Å². The zero-order chi connectivity index (χ0) is 35.1. The number of carbonyl (C=O) groups is 4. The van der Waals surface area contributed by atoms with Gasteiger partial charge in [0.1, 0.15) is 5.82 Å². The number of nitrogens with zero attached hydrogens (tertiary/aromatic N) is 2. The second-order valence-electron chi connectivity index (χ2n) is 13.0. The molecule has 2 saturated heterocycles. The number of hydrazine groups is 1. The lowest BCUT2D eigenvalue weighted by molar-refractivity contribution is -0.138. The van der Waals surface area contributed by atoms with Crippen LogP contribution in [0, 0.1) is 35.3 Å². The number of benzene rings is 4. The van der Waals surface area contributed by atoms with Gasteiger partial charge in [-0.1, -0.05) is 63.4 Å². The number of para-hydroxylation sites is 1. The van der Waals surface area contributed by atoms with Gasteiger partial charge < -0.3 is 5.11 Å². The third-order valence-corrected chi connectivity index (χ3v) is 11.5. The summed E-state index contributed by atoms with van der Waals surface area (Å²) in [6, 6.07) is 22.4. The molecule has 1 saturated carbocycles. The van der Waals surface area contributed by atoms with Gasteiger partial charge in [0.05, 0.1) is 34.5 Å². The molecule has 0 radical (unpaired) electrons. The Morgan fingerprint density at radius 2 is 1.54 bits per heavy atom. The first-order chi connectivity index (χ1) is 24.0. The molecule has 3 fully saturated rings. The molecule has 4 aromatic carbocycles. The van der Waals surface area contributed by atoms with Gasteiger partial charge >= 0.3 is 0 Å². The molecule has 8 rings (SSSR count). The summed E-state index contributed by atoms with van der Waals surface area (Å²) in [6.07, 6.45) is 1.97. The van der Waals surface area contributed by atoms with Crippen LogP contribution in [0.1, 0.15) is 29.9 Å². The molecule has 2 N–H and O–H groups in total. The highest BCUT2D eigenvalue weighted by Gasteiger charge is 2.70. The van der Waals surface area contributed by atoms with Gasteiger partial charge in [-0.15, -0.1) is 0 Å². The van der Waals surface area contributed by atoms with Gasteiger partial charge in [-0.3, -0.25) is 29.5 Å². The summed E-state index contributed by atoms with van der Waals surface area (Å²) in [7, 11) is 0. The predicted octanol–water partition coefficient (Wildman–Crippen LogP) is 7.28. The Labute approximate surface area is 298 Å². The highest BCUT2D eigenvalue weighted by atomic mass is 79.9. The van der Waals surface area contributed by atoms with Gasteiger partial charge in [-0.25, -0.2) is 8.78 Å². The highest BCUT2D eigenvalue weighted by Crippen LogP contribution is 2.65. The standard InChI is InChI=1S/C38H27BrClF2N3O5/c39-20-6-14-24(15-7-20)44-34(47)26-17-16-25-28(31(26)36(44)49)18-29-35(48)45(43-23-12-10-22(41)11-13-23)37(50)38(29,19-4-8-21(40)9-5-19)32(25)27-2-1-3-30(42)33(27)46/h1-16,26,28-29,31-32,43,46H,17-18H2. The molecule has 2 heterocycles. The molecule has 8 nitrogen and oxygen atoms in total. The fourth-order valence-corrected chi connectivity index (χ4v) is 9.00. The number of nitrogens with one attached hydrogen (secondary N) is 1. The van der Waals surface area contributed by atoms with E-state index in [1.165, 1.54) is 41.3 Å². The Balaban J connectivity index is 1.33. The van der Waals surface area contributed by atoms with Crippen LogP contribution in [0.15, 0.2) is 107 Å². The van der Waals surface area contributed by atoms with Crippen LogP contribution in [0.3, 0.4) is 0 Å². The molecule has 4 aliphatic rings. The number of carbonyl (C=O) groups excluding carboxylic acids is 4. The van der Waals surface area contributed by atoms with Gasteiger partial charge in [-0.2, -0.15) is 5.01 Å². The van der Waals surface area contributed by atoms with Crippen LogP contribution in [0.2, 0.25) is 5.02 Å². The number of allylic oxidation sites excluding steroid dienone is 2. The van der Waals surface area contributed by atoms with Gasteiger partial charge in [0.2, 0.25) is 11.8 Å². The maximum absolute atomic E-state index is 15.2. The maximum atomic E-state index is 15.2. The Bertz CT molecular complexity index is 2130. The lowest BCUT2D eigenvalue weighted by atomic mass is 9.49. The molecular weight excluding hydrogens is 732 g/mol. The number of imide groups is 2. The zero-order valence-corrected chi connectivity index (χ0v) is 28.4. The van der Waals surface area contributed by atoms with Crippen molar-refractivity contribution in [2.45, 2.75) is 24.2 Å². The van der Waals surface area contributed by atoms with Crippen molar-refractivity contribution in [2.24, 2.45) is 23.7 Å². The molecular formula is C38H27BrClF2N3O5. The van der Waals surface area contributed by atoms with Crippen LogP contribution < -0.4 is 10.3 Å². The summed E-state index contributed by atoms with van der Waals surface area (Å²) in [5, 5.41) is 12.6. The Kier molecular flexibility index (Phi) is 7.68.